The van der Waals surface area contributed by atoms with Crippen LogP contribution in [0.4, 0.5) is 0 Å². The average molecular weight is 429 g/mol. The Hall–Kier alpha value is -3.44. The number of benzene rings is 2. The van der Waals surface area contributed by atoms with Gasteiger partial charge in [0.25, 0.3) is 5.91 Å². The zero-order valence-electron chi connectivity index (χ0n) is 17.1. The van der Waals surface area contributed by atoms with Crippen LogP contribution in [0.5, 0.6) is 0 Å². The highest BCUT2D eigenvalue weighted by Gasteiger charge is 2.32. The number of pyridine rings is 1. The third-order valence-corrected chi connectivity index (χ3v) is 5.90. The van der Waals surface area contributed by atoms with Crippen LogP contribution in [0.2, 0.25) is 5.02 Å². The van der Waals surface area contributed by atoms with Gasteiger partial charge in [0.2, 0.25) is 0 Å². The molecule has 0 aliphatic carbocycles. The molecule has 1 aliphatic heterocycles. The zero-order valence-corrected chi connectivity index (χ0v) is 17.9. The van der Waals surface area contributed by atoms with Gasteiger partial charge in [-0.15, -0.1) is 0 Å². The van der Waals surface area contributed by atoms with Crippen LogP contribution in [0.3, 0.4) is 0 Å². The van der Waals surface area contributed by atoms with E-state index in [1.807, 2.05) is 47.1 Å². The van der Waals surface area contributed by atoms with Crippen molar-refractivity contribution in [1.29, 1.82) is 0 Å². The van der Waals surface area contributed by atoms with Gasteiger partial charge in [-0.2, -0.15) is 5.10 Å². The molecule has 1 aliphatic rings. The van der Waals surface area contributed by atoms with Gasteiger partial charge in [-0.25, -0.2) is 4.68 Å². The molecule has 1 amide bonds. The number of aromatic nitrogens is 3. The highest BCUT2D eigenvalue weighted by molar-refractivity contribution is 6.30. The number of fused-ring (bicyclic) bond motifs is 1. The van der Waals surface area contributed by atoms with Gasteiger partial charge in [-0.05, 0) is 42.3 Å². The molecule has 2 aromatic heterocycles. The van der Waals surface area contributed by atoms with E-state index >= 15 is 0 Å². The normalized spacial score (nSPS) is 12.8. The minimum Gasteiger partial charge on any atom is -0.327 e. The molecule has 0 radical (unpaired) electrons. The van der Waals surface area contributed by atoms with Crippen molar-refractivity contribution in [2.24, 2.45) is 0 Å². The molecule has 0 spiro atoms. The Morgan fingerprint density at radius 2 is 1.77 bits per heavy atom. The molecule has 6 heteroatoms. The maximum absolute atomic E-state index is 13.0. The quantitative estimate of drug-likeness (QED) is 0.442. The Kier molecular flexibility index (Phi) is 5.04. The molecule has 0 unspecified atom stereocenters. The summed E-state index contributed by atoms with van der Waals surface area (Å²) in [6, 6.07) is 21.5. The van der Waals surface area contributed by atoms with Gasteiger partial charge in [0.05, 0.1) is 30.2 Å². The van der Waals surface area contributed by atoms with Crippen molar-refractivity contribution in [3.8, 4) is 16.9 Å². The van der Waals surface area contributed by atoms with Gasteiger partial charge in [0.15, 0.2) is 0 Å². The topological polar surface area (TPSA) is 51.0 Å². The second-order valence-corrected chi connectivity index (χ2v) is 7.99. The van der Waals surface area contributed by atoms with Gasteiger partial charge < -0.3 is 4.90 Å². The molecule has 3 heterocycles. The summed E-state index contributed by atoms with van der Waals surface area (Å²) in [7, 11) is 0. The third-order valence-electron chi connectivity index (χ3n) is 5.65. The number of carbonyl (C=O) groups excluding carboxylic acids is 1. The van der Waals surface area contributed by atoms with E-state index in [4.69, 9.17) is 16.7 Å². The van der Waals surface area contributed by atoms with Crippen molar-refractivity contribution < 1.29 is 4.79 Å². The number of rotatable bonds is 4. The van der Waals surface area contributed by atoms with E-state index in [1.54, 1.807) is 17.2 Å². The number of hydrogen-bond acceptors (Lipinski definition) is 3. The minimum atomic E-state index is -0.0823. The number of hydrogen-bond donors (Lipinski definition) is 0. The van der Waals surface area contributed by atoms with Crippen LogP contribution in [0.1, 0.15) is 34.2 Å². The lowest BCUT2D eigenvalue weighted by atomic mass is 10.1. The first-order valence-electron chi connectivity index (χ1n) is 10.3. The molecular weight excluding hydrogens is 408 g/mol. The zero-order chi connectivity index (χ0) is 21.4. The summed E-state index contributed by atoms with van der Waals surface area (Å²) >= 11 is 6.15. The Balaban J connectivity index is 1.61. The van der Waals surface area contributed by atoms with Gasteiger partial charge >= 0.3 is 0 Å². The van der Waals surface area contributed by atoms with Crippen LogP contribution in [0.15, 0.2) is 72.9 Å². The highest BCUT2D eigenvalue weighted by Crippen LogP contribution is 2.36. The van der Waals surface area contributed by atoms with Crippen LogP contribution in [0, 0.1) is 0 Å². The summed E-state index contributed by atoms with van der Waals surface area (Å²) in [5, 5.41) is 5.65. The summed E-state index contributed by atoms with van der Waals surface area (Å²) in [4.78, 5) is 19.0. The van der Waals surface area contributed by atoms with Crippen LogP contribution in [0.25, 0.3) is 16.9 Å². The second-order valence-electron chi connectivity index (χ2n) is 7.55. The fourth-order valence-electron chi connectivity index (χ4n) is 4.11. The summed E-state index contributed by atoms with van der Waals surface area (Å²) < 4.78 is 2.02. The lowest BCUT2D eigenvalue weighted by Gasteiger charge is -2.18. The molecule has 2 aromatic carbocycles. The van der Waals surface area contributed by atoms with E-state index < -0.39 is 0 Å². The van der Waals surface area contributed by atoms with E-state index in [1.165, 1.54) is 5.56 Å². The van der Waals surface area contributed by atoms with Crippen molar-refractivity contribution in [3.63, 3.8) is 0 Å². The van der Waals surface area contributed by atoms with E-state index in [2.05, 4.69) is 30.1 Å². The first kappa shape index (κ1) is 19.5. The molecule has 0 bridgehead atoms. The molecule has 0 saturated carbocycles. The van der Waals surface area contributed by atoms with Crippen LogP contribution in [-0.2, 0) is 19.5 Å². The van der Waals surface area contributed by atoms with E-state index in [-0.39, 0.29) is 5.91 Å². The maximum Gasteiger partial charge on any atom is 0.273 e. The first-order chi connectivity index (χ1) is 15.2. The molecule has 31 heavy (non-hydrogen) atoms. The van der Waals surface area contributed by atoms with Crippen molar-refractivity contribution in [1.82, 2.24) is 19.7 Å². The molecule has 0 atom stereocenters. The number of para-hydroxylation sites is 1. The maximum atomic E-state index is 13.0. The van der Waals surface area contributed by atoms with Crippen LogP contribution >= 0.6 is 11.6 Å². The monoisotopic (exact) mass is 428 g/mol. The Bertz CT molecular complexity index is 1250. The lowest BCUT2D eigenvalue weighted by molar-refractivity contribution is 0.0743. The standard InChI is InChI=1S/C25H21ClN4O/c1-2-17-7-3-4-9-23(17)30-24(18-10-12-19(26)13-11-18)20-15-29(16-22(20)28-30)25(31)21-8-5-6-14-27-21/h3-14H,2,15-16H2,1H3. The number of amides is 1. The molecule has 5 nitrogen and oxygen atoms in total. The molecule has 4 aromatic rings. The SMILES string of the molecule is CCc1ccccc1-n1nc2c(c1-c1ccc(Cl)cc1)CN(C(=O)c1ccccn1)C2. The molecule has 0 saturated heterocycles. The van der Waals surface area contributed by atoms with Crippen LogP contribution < -0.4 is 0 Å². The molecular formula is C25H21ClN4O. The Morgan fingerprint density at radius 3 is 2.52 bits per heavy atom. The summed E-state index contributed by atoms with van der Waals surface area (Å²) in [5.74, 6) is -0.0823. The van der Waals surface area contributed by atoms with Gasteiger partial charge in [-0.3, -0.25) is 9.78 Å². The van der Waals surface area contributed by atoms with Gasteiger partial charge in [0, 0.05) is 22.3 Å². The summed E-state index contributed by atoms with van der Waals surface area (Å²) in [5.41, 5.74) is 6.75. The number of aryl methyl sites for hydroxylation is 1. The van der Waals surface area contributed by atoms with E-state index in [0.29, 0.717) is 23.8 Å². The van der Waals surface area contributed by atoms with Gasteiger partial charge in [-0.1, -0.05) is 54.9 Å². The fraction of sp³-hybridized carbons (Fsp3) is 0.160. The summed E-state index contributed by atoms with van der Waals surface area (Å²) in [6.07, 6.45) is 2.55. The van der Waals surface area contributed by atoms with E-state index in [9.17, 15) is 4.79 Å². The Morgan fingerprint density at radius 1 is 1.00 bits per heavy atom. The number of nitrogens with zero attached hydrogens (tertiary/aromatic N) is 4. The largest absolute Gasteiger partial charge is 0.327 e. The van der Waals surface area contributed by atoms with Crippen molar-refractivity contribution in [3.05, 3.63) is 100 Å². The molecule has 154 valence electrons. The predicted molar refractivity (Wildman–Crippen MR) is 121 cm³/mol. The molecule has 0 fully saturated rings. The van der Waals surface area contributed by atoms with Crippen molar-refractivity contribution in [2.45, 2.75) is 26.4 Å². The van der Waals surface area contributed by atoms with Crippen molar-refractivity contribution >= 4 is 17.5 Å². The molecule has 0 N–H and O–H groups in total. The number of carbonyl (C=O) groups is 1. The minimum absolute atomic E-state index is 0.0823. The fourth-order valence-corrected chi connectivity index (χ4v) is 4.23. The molecule has 5 rings (SSSR count). The Labute approximate surface area is 185 Å². The lowest BCUT2D eigenvalue weighted by Crippen LogP contribution is -2.27. The first-order valence-corrected chi connectivity index (χ1v) is 10.7. The van der Waals surface area contributed by atoms with Gasteiger partial charge in [0.1, 0.15) is 5.69 Å². The third kappa shape index (κ3) is 3.51. The van der Waals surface area contributed by atoms with Crippen LogP contribution in [-0.4, -0.2) is 25.6 Å². The second kappa shape index (κ2) is 8.00. The predicted octanol–water partition coefficient (Wildman–Crippen LogP) is 5.31. The highest BCUT2D eigenvalue weighted by atomic mass is 35.5. The average Bonchev–Trinajstić information content (AvgIpc) is 3.38. The number of halogens is 1. The van der Waals surface area contributed by atoms with Crippen molar-refractivity contribution in [2.75, 3.05) is 0 Å². The summed E-state index contributed by atoms with van der Waals surface area (Å²) in [6.45, 7) is 3.11. The smallest absolute Gasteiger partial charge is 0.273 e. The van der Waals surface area contributed by atoms with E-state index in [0.717, 1.165) is 34.6 Å².